The van der Waals surface area contributed by atoms with Gasteiger partial charge in [0.25, 0.3) is 0 Å². The number of ketones is 1. The van der Waals surface area contributed by atoms with Gasteiger partial charge in [-0.3, -0.25) is 4.79 Å². The van der Waals surface area contributed by atoms with Gasteiger partial charge in [-0.25, -0.2) is 0 Å². The van der Waals surface area contributed by atoms with Gasteiger partial charge in [0.05, 0.1) is 13.2 Å². The van der Waals surface area contributed by atoms with Crippen molar-refractivity contribution >= 4 is 5.78 Å². The molecule has 1 spiro atoms. The first kappa shape index (κ1) is 13.6. The minimum atomic E-state index is -0.453. The number of hydrogen-bond donors (Lipinski definition) is 0. The van der Waals surface area contributed by atoms with E-state index < -0.39 is 5.79 Å². The van der Waals surface area contributed by atoms with E-state index in [1.165, 1.54) is 0 Å². The number of ether oxygens (including phenoxy) is 2. The molecule has 2 aliphatic carbocycles. The monoisotopic (exact) mass is 266 g/mol. The molecule has 0 radical (unpaired) electrons. The first-order chi connectivity index (χ1) is 8.89. The van der Waals surface area contributed by atoms with E-state index >= 15 is 0 Å². The Morgan fingerprint density at radius 3 is 2.42 bits per heavy atom. The van der Waals surface area contributed by atoms with Crippen LogP contribution in [-0.2, 0) is 14.3 Å². The Hall–Kier alpha value is -0.410. The Balaban J connectivity index is 1.93. The zero-order valence-corrected chi connectivity index (χ0v) is 12.6. The molecule has 1 aliphatic heterocycles. The lowest BCUT2D eigenvalue weighted by Gasteiger charge is -2.51. The molecule has 3 rings (SSSR count). The molecule has 19 heavy (non-hydrogen) atoms. The SMILES string of the molecule is CC(C)C1CC(=O)C2CC3(C[C@@H](C)[C@@]21C)OCCO3. The largest absolute Gasteiger partial charge is 0.348 e. The van der Waals surface area contributed by atoms with Crippen LogP contribution in [-0.4, -0.2) is 24.8 Å². The molecule has 3 nitrogen and oxygen atoms in total. The second kappa shape index (κ2) is 4.29. The van der Waals surface area contributed by atoms with E-state index in [2.05, 4.69) is 27.7 Å². The summed E-state index contributed by atoms with van der Waals surface area (Å²) in [5, 5.41) is 0. The molecule has 108 valence electrons. The van der Waals surface area contributed by atoms with Gasteiger partial charge in [0.15, 0.2) is 5.79 Å². The standard InChI is InChI=1S/C16H26O3/c1-10(2)12-7-14(17)13-9-16(18-5-6-19-16)8-11(3)15(12,13)4/h10-13H,5-9H2,1-4H3/t11-,12?,13?,15-/m1/s1. The summed E-state index contributed by atoms with van der Waals surface area (Å²) in [5.74, 6) is 1.67. The van der Waals surface area contributed by atoms with Crippen LogP contribution in [0.2, 0.25) is 0 Å². The molecular formula is C16H26O3. The smallest absolute Gasteiger partial charge is 0.169 e. The van der Waals surface area contributed by atoms with E-state index in [4.69, 9.17) is 9.47 Å². The lowest BCUT2D eigenvalue weighted by Crippen LogP contribution is -2.51. The Labute approximate surface area is 116 Å². The van der Waals surface area contributed by atoms with Crippen LogP contribution < -0.4 is 0 Å². The number of Topliss-reactive ketones (excluding diaryl/α,β-unsaturated/α-hetero) is 1. The summed E-state index contributed by atoms with van der Waals surface area (Å²) in [7, 11) is 0. The van der Waals surface area contributed by atoms with Crippen molar-refractivity contribution in [3.63, 3.8) is 0 Å². The van der Waals surface area contributed by atoms with Crippen molar-refractivity contribution in [2.45, 2.75) is 52.7 Å². The van der Waals surface area contributed by atoms with Crippen molar-refractivity contribution in [2.24, 2.45) is 29.1 Å². The molecule has 1 saturated heterocycles. The van der Waals surface area contributed by atoms with E-state index in [9.17, 15) is 4.79 Å². The van der Waals surface area contributed by atoms with Crippen molar-refractivity contribution in [3.8, 4) is 0 Å². The van der Waals surface area contributed by atoms with Gasteiger partial charge >= 0.3 is 0 Å². The Kier molecular flexibility index (Phi) is 3.06. The predicted molar refractivity (Wildman–Crippen MR) is 72.6 cm³/mol. The average Bonchev–Trinajstić information content (AvgIpc) is 2.87. The molecule has 2 saturated carbocycles. The van der Waals surface area contributed by atoms with Gasteiger partial charge in [-0.15, -0.1) is 0 Å². The van der Waals surface area contributed by atoms with Crippen molar-refractivity contribution in [1.82, 2.24) is 0 Å². The minimum Gasteiger partial charge on any atom is -0.348 e. The third kappa shape index (κ3) is 1.81. The summed E-state index contributed by atoms with van der Waals surface area (Å²) < 4.78 is 11.7. The Morgan fingerprint density at radius 1 is 1.21 bits per heavy atom. The number of carbonyl (C=O) groups is 1. The summed E-state index contributed by atoms with van der Waals surface area (Å²) in [6, 6.07) is 0. The average molecular weight is 266 g/mol. The van der Waals surface area contributed by atoms with Crippen LogP contribution in [0.4, 0.5) is 0 Å². The van der Waals surface area contributed by atoms with E-state index in [0.717, 1.165) is 19.3 Å². The van der Waals surface area contributed by atoms with E-state index in [1.807, 2.05) is 0 Å². The number of fused-ring (bicyclic) bond motifs is 1. The van der Waals surface area contributed by atoms with Gasteiger partial charge in [-0.2, -0.15) is 0 Å². The van der Waals surface area contributed by atoms with Crippen molar-refractivity contribution in [3.05, 3.63) is 0 Å². The highest BCUT2D eigenvalue weighted by Crippen LogP contribution is 2.61. The fraction of sp³-hybridized carbons (Fsp3) is 0.938. The summed E-state index contributed by atoms with van der Waals surface area (Å²) in [6.07, 6.45) is 2.46. The molecule has 0 N–H and O–H groups in total. The van der Waals surface area contributed by atoms with Crippen LogP contribution in [0.25, 0.3) is 0 Å². The zero-order valence-electron chi connectivity index (χ0n) is 12.6. The summed E-state index contributed by atoms with van der Waals surface area (Å²) in [6.45, 7) is 10.5. The Morgan fingerprint density at radius 2 is 1.84 bits per heavy atom. The first-order valence-electron chi connectivity index (χ1n) is 7.70. The van der Waals surface area contributed by atoms with Crippen LogP contribution in [0.15, 0.2) is 0 Å². The van der Waals surface area contributed by atoms with E-state index in [1.54, 1.807) is 0 Å². The zero-order chi connectivity index (χ0) is 13.8. The van der Waals surface area contributed by atoms with Crippen LogP contribution in [0.3, 0.4) is 0 Å². The molecule has 2 unspecified atom stereocenters. The van der Waals surface area contributed by atoms with Gasteiger partial charge in [-0.05, 0) is 23.2 Å². The van der Waals surface area contributed by atoms with Crippen LogP contribution in [0.1, 0.15) is 47.0 Å². The van der Waals surface area contributed by atoms with Crippen LogP contribution in [0.5, 0.6) is 0 Å². The quantitative estimate of drug-likeness (QED) is 0.732. The molecule has 0 amide bonds. The molecular weight excluding hydrogens is 240 g/mol. The third-order valence-corrected chi connectivity index (χ3v) is 6.17. The number of carbonyl (C=O) groups excluding carboxylic acids is 1. The summed E-state index contributed by atoms with van der Waals surface area (Å²) in [4.78, 5) is 12.5. The van der Waals surface area contributed by atoms with Gasteiger partial charge in [0, 0.05) is 25.2 Å². The number of hydrogen-bond acceptors (Lipinski definition) is 3. The number of rotatable bonds is 1. The molecule has 3 heteroatoms. The molecule has 0 aromatic carbocycles. The molecule has 4 atom stereocenters. The minimum absolute atomic E-state index is 0.127. The van der Waals surface area contributed by atoms with Gasteiger partial charge in [0.2, 0.25) is 0 Å². The maximum absolute atomic E-state index is 12.5. The molecule has 3 aliphatic rings. The topological polar surface area (TPSA) is 35.5 Å². The maximum Gasteiger partial charge on any atom is 0.169 e. The highest BCUT2D eigenvalue weighted by Gasteiger charge is 2.62. The molecule has 0 aromatic heterocycles. The van der Waals surface area contributed by atoms with Gasteiger partial charge in [0.1, 0.15) is 5.78 Å². The second-order valence-corrected chi connectivity index (χ2v) is 7.36. The lowest BCUT2D eigenvalue weighted by molar-refractivity contribution is -0.221. The third-order valence-electron chi connectivity index (χ3n) is 6.17. The summed E-state index contributed by atoms with van der Waals surface area (Å²) >= 11 is 0. The molecule has 0 aromatic rings. The maximum atomic E-state index is 12.5. The predicted octanol–water partition coefficient (Wildman–Crippen LogP) is 3.03. The fourth-order valence-corrected chi connectivity index (χ4v) is 4.99. The molecule has 0 bridgehead atoms. The van der Waals surface area contributed by atoms with E-state index in [0.29, 0.717) is 36.8 Å². The first-order valence-corrected chi connectivity index (χ1v) is 7.70. The van der Waals surface area contributed by atoms with Crippen LogP contribution >= 0.6 is 0 Å². The van der Waals surface area contributed by atoms with Crippen molar-refractivity contribution in [2.75, 3.05) is 13.2 Å². The van der Waals surface area contributed by atoms with Crippen LogP contribution in [0, 0.1) is 29.1 Å². The lowest BCUT2D eigenvalue weighted by atomic mass is 9.56. The second-order valence-electron chi connectivity index (χ2n) is 7.36. The highest BCUT2D eigenvalue weighted by atomic mass is 16.7. The normalized spacial score (nSPS) is 45.1. The fourth-order valence-electron chi connectivity index (χ4n) is 4.99. The Bertz CT molecular complexity index is 383. The molecule has 3 fully saturated rings. The van der Waals surface area contributed by atoms with E-state index in [-0.39, 0.29) is 11.3 Å². The van der Waals surface area contributed by atoms with Gasteiger partial charge in [-0.1, -0.05) is 27.7 Å². The van der Waals surface area contributed by atoms with Crippen molar-refractivity contribution in [1.29, 1.82) is 0 Å². The molecule has 1 heterocycles. The van der Waals surface area contributed by atoms with Crippen molar-refractivity contribution < 1.29 is 14.3 Å². The summed E-state index contributed by atoms with van der Waals surface area (Å²) in [5.41, 5.74) is 0.131. The van der Waals surface area contributed by atoms with Gasteiger partial charge < -0.3 is 9.47 Å². The highest BCUT2D eigenvalue weighted by molar-refractivity contribution is 5.85.